The minimum atomic E-state index is -0.141. The van der Waals surface area contributed by atoms with E-state index in [2.05, 4.69) is 10.6 Å². The van der Waals surface area contributed by atoms with Crippen molar-refractivity contribution in [3.63, 3.8) is 0 Å². The van der Waals surface area contributed by atoms with Gasteiger partial charge in [-0.05, 0) is 31.2 Å². The largest absolute Gasteiger partial charge is 0.496 e. The Kier molecular flexibility index (Phi) is 5.72. The Morgan fingerprint density at radius 3 is 2.94 bits per heavy atom. The average Bonchev–Trinajstić information content (AvgIpc) is 2.81. The van der Waals surface area contributed by atoms with Gasteiger partial charge >= 0.3 is 0 Å². The molecule has 0 spiro atoms. The molecule has 1 atom stereocenters. The fourth-order valence-corrected chi connectivity index (χ4v) is 2.07. The van der Waals surface area contributed by atoms with Gasteiger partial charge in [0.1, 0.15) is 5.75 Å². The van der Waals surface area contributed by atoms with E-state index in [1.807, 2.05) is 0 Å². The van der Waals surface area contributed by atoms with Crippen LogP contribution in [0.3, 0.4) is 0 Å². The van der Waals surface area contributed by atoms with Crippen molar-refractivity contribution in [3.05, 3.63) is 28.8 Å². The number of benzene rings is 1. The number of hydrogen-bond acceptors (Lipinski definition) is 3. The van der Waals surface area contributed by atoms with Crippen LogP contribution in [-0.2, 0) is 0 Å². The van der Waals surface area contributed by atoms with E-state index in [9.17, 15) is 4.79 Å². The Labute approximate surface area is 117 Å². The maximum atomic E-state index is 12.1. The van der Waals surface area contributed by atoms with Crippen LogP contribution >= 0.6 is 24.0 Å². The molecule has 0 radical (unpaired) electrons. The molecule has 0 bridgehead atoms. The van der Waals surface area contributed by atoms with Crippen molar-refractivity contribution in [2.75, 3.05) is 20.2 Å². The maximum absolute atomic E-state index is 12.1. The lowest BCUT2D eigenvalue weighted by Crippen LogP contribution is -2.36. The van der Waals surface area contributed by atoms with Gasteiger partial charge in [-0.3, -0.25) is 4.79 Å². The number of methoxy groups -OCH3 is 1. The molecule has 0 saturated carbocycles. The van der Waals surface area contributed by atoms with Crippen LogP contribution in [0.4, 0.5) is 0 Å². The molecule has 1 aromatic rings. The van der Waals surface area contributed by atoms with Crippen LogP contribution in [0.1, 0.15) is 16.8 Å². The van der Waals surface area contributed by atoms with Crippen LogP contribution < -0.4 is 15.4 Å². The first kappa shape index (κ1) is 15.1. The van der Waals surface area contributed by atoms with Gasteiger partial charge in [0.15, 0.2) is 0 Å². The summed E-state index contributed by atoms with van der Waals surface area (Å²) in [4.78, 5) is 12.1. The molecule has 1 aliphatic rings. The lowest BCUT2D eigenvalue weighted by molar-refractivity contribution is 0.0937. The Bertz CT molecular complexity index is 421. The highest BCUT2D eigenvalue weighted by Crippen LogP contribution is 2.22. The third-order valence-corrected chi connectivity index (χ3v) is 3.04. The predicted molar refractivity (Wildman–Crippen MR) is 74.0 cm³/mol. The molecule has 1 heterocycles. The number of carbonyl (C=O) groups is 1. The third kappa shape index (κ3) is 3.51. The number of hydrogen-bond donors (Lipinski definition) is 2. The van der Waals surface area contributed by atoms with Crippen molar-refractivity contribution in [1.29, 1.82) is 0 Å². The zero-order chi connectivity index (χ0) is 12.3. The molecule has 2 N–H and O–H groups in total. The lowest BCUT2D eigenvalue weighted by Gasteiger charge is -2.13. The minimum absolute atomic E-state index is 0. The summed E-state index contributed by atoms with van der Waals surface area (Å²) in [6, 6.07) is 5.21. The molecule has 1 saturated heterocycles. The Morgan fingerprint density at radius 2 is 2.33 bits per heavy atom. The van der Waals surface area contributed by atoms with Crippen molar-refractivity contribution < 1.29 is 9.53 Å². The highest BCUT2D eigenvalue weighted by atomic mass is 35.5. The van der Waals surface area contributed by atoms with Crippen molar-refractivity contribution >= 4 is 29.9 Å². The molecule has 4 nitrogen and oxygen atoms in total. The summed E-state index contributed by atoms with van der Waals surface area (Å²) in [6.07, 6.45) is 0.953. The summed E-state index contributed by atoms with van der Waals surface area (Å²) in [5.74, 6) is 0.399. The van der Waals surface area contributed by atoms with Gasteiger partial charge in [-0.25, -0.2) is 0 Å². The van der Waals surface area contributed by atoms with Gasteiger partial charge in [0.2, 0.25) is 0 Å². The molecule has 1 amide bonds. The topological polar surface area (TPSA) is 50.4 Å². The smallest absolute Gasteiger partial charge is 0.255 e. The van der Waals surface area contributed by atoms with Crippen molar-refractivity contribution in [2.24, 2.45) is 0 Å². The second-order valence-corrected chi connectivity index (χ2v) is 4.44. The van der Waals surface area contributed by atoms with E-state index in [0.29, 0.717) is 16.3 Å². The number of halogens is 2. The fraction of sp³-hybridized carbons (Fsp3) is 0.417. The van der Waals surface area contributed by atoms with E-state index in [1.165, 1.54) is 7.11 Å². The SMILES string of the molecule is COc1ccc(Cl)cc1C(=O)NC1CCNC1.Cl. The standard InChI is InChI=1S/C12H15ClN2O2.ClH/c1-17-11-3-2-8(13)6-10(11)12(16)15-9-4-5-14-7-9;/h2-3,6,9,14H,4-5,7H2,1H3,(H,15,16);1H. The van der Waals surface area contributed by atoms with E-state index >= 15 is 0 Å². The molecule has 1 aliphatic heterocycles. The normalized spacial score (nSPS) is 18.0. The zero-order valence-corrected chi connectivity index (χ0v) is 11.6. The van der Waals surface area contributed by atoms with Crippen LogP contribution in [0.15, 0.2) is 18.2 Å². The second-order valence-electron chi connectivity index (χ2n) is 4.01. The van der Waals surface area contributed by atoms with E-state index < -0.39 is 0 Å². The first-order chi connectivity index (χ1) is 8.20. The highest BCUT2D eigenvalue weighted by Gasteiger charge is 2.19. The Morgan fingerprint density at radius 1 is 1.56 bits per heavy atom. The quantitative estimate of drug-likeness (QED) is 0.893. The number of rotatable bonds is 3. The molecule has 0 aliphatic carbocycles. The predicted octanol–water partition coefficient (Wildman–Crippen LogP) is 1.86. The third-order valence-electron chi connectivity index (χ3n) is 2.80. The first-order valence-corrected chi connectivity index (χ1v) is 5.93. The van der Waals surface area contributed by atoms with Crippen molar-refractivity contribution in [2.45, 2.75) is 12.5 Å². The fourth-order valence-electron chi connectivity index (χ4n) is 1.90. The summed E-state index contributed by atoms with van der Waals surface area (Å²) >= 11 is 5.89. The Hall–Kier alpha value is -0.970. The monoisotopic (exact) mass is 290 g/mol. The maximum Gasteiger partial charge on any atom is 0.255 e. The van der Waals surface area contributed by atoms with Gasteiger partial charge in [0, 0.05) is 17.6 Å². The first-order valence-electron chi connectivity index (χ1n) is 5.56. The van der Waals surface area contributed by atoms with E-state index in [0.717, 1.165) is 19.5 Å². The van der Waals surface area contributed by atoms with Gasteiger partial charge in [0.05, 0.1) is 12.7 Å². The van der Waals surface area contributed by atoms with Gasteiger partial charge in [-0.2, -0.15) is 0 Å². The van der Waals surface area contributed by atoms with Crippen LogP contribution in [-0.4, -0.2) is 32.1 Å². The van der Waals surface area contributed by atoms with E-state index in [4.69, 9.17) is 16.3 Å². The number of carbonyl (C=O) groups excluding carboxylic acids is 1. The zero-order valence-electron chi connectivity index (χ0n) is 10.0. The van der Waals surface area contributed by atoms with Crippen LogP contribution in [0.2, 0.25) is 5.02 Å². The van der Waals surface area contributed by atoms with Gasteiger partial charge in [-0.15, -0.1) is 12.4 Å². The number of ether oxygens (including phenoxy) is 1. The summed E-state index contributed by atoms with van der Waals surface area (Å²) < 4.78 is 5.15. The molecule has 1 aromatic carbocycles. The number of nitrogens with one attached hydrogen (secondary N) is 2. The minimum Gasteiger partial charge on any atom is -0.496 e. The summed E-state index contributed by atoms with van der Waals surface area (Å²) in [5, 5.41) is 6.68. The molecular weight excluding hydrogens is 275 g/mol. The lowest BCUT2D eigenvalue weighted by atomic mass is 10.1. The molecular formula is C12H16Cl2N2O2. The molecule has 2 rings (SSSR count). The van der Waals surface area contributed by atoms with Crippen molar-refractivity contribution in [1.82, 2.24) is 10.6 Å². The molecule has 0 aromatic heterocycles. The molecule has 18 heavy (non-hydrogen) atoms. The van der Waals surface area contributed by atoms with Gasteiger partial charge in [-0.1, -0.05) is 11.6 Å². The van der Waals surface area contributed by atoms with Crippen LogP contribution in [0.25, 0.3) is 0 Å². The van der Waals surface area contributed by atoms with Crippen molar-refractivity contribution in [3.8, 4) is 5.75 Å². The highest BCUT2D eigenvalue weighted by molar-refractivity contribution is 6.31. The summed E-state index contributed by atoms with van der Waals surface area (Å²) in [5.41, 5.74) is 0.479. The molecule has 1 fully saturated rings. The van der Waals surface area contributed by atoms with E-state index in [-0.39, 0.29) is 24.4 Å². The van der Waals surface area contributed by atoms with Crippen LogP contribution in [0, 0.1) is 0 Å². The molecule has 100 valence electrons. The Balaban J connectivity index is 0.00000162. The van der Waals surface area contributed by atoms with E-state index in [1.54, 1.807) is 18.2 Å². The van der Waals surface area contributed by atoms with Gasteiger partial charge in [0.25, 0.3) is 5.91 Å². The van der Waals surface area contributed by atoms with Crippen LogP contribution in [0.5, 0.6) is 5.75 Å². The van der Waals surface area contributed by atoms with Gasteiger partial charge < -0.3 is 15.4 Å². The molecule has 1 unspecified atom stereocenters. The second kappa shape index (κ2) is 6.83. The average molecular weight is 291 g/mol. The summed E-state index contributed by atoms with van der Waals surface area (Å²) in [6.45, 7) is 1.76. The molecule has 6 heteroatoms. The number of amides is 1. The summed E-state index contributed by atoms with van der Waals surface area (Å²) in [7, 11) is 1.54.